The molecule has 1 aliphatic heterocycles. The summed E-state index contributed by atoms with van der Waals surface area (Å²) < 4.78 is 18.9. The van der Waals surface area contributed by atoms with Crippen molar-refractivity contribution in [2.45, 2.75) is 46.1 Å². The Morgan fingerprint density at radius 3 is 2.59 bits per heavy atom. The fourth-order valence-electron chi connectivity index (χ4n) is 4.37. The number of carbonyl (C=O) groups is 1. The van der Waals surface area contributed by atoms with Crippen LogP contribution in [-0.2, 0) is 9.53 Å². The Labute approximate surface area is 241 Å². The van der Waals surface area contributed by atoms with Crippen LogP contribution in [0, 0.1) is 0 Å². The number of carbonyl (C=O) groups excluding carboxylic acids is 1. The highest BCUT2D eigenvalue weighted by atomic mass is 35.5. The summed E-state index contributed by atoms with van der Waals surface area (Å²) in [6.45, 7) is 6.39. The molecule has 1 unspecified atom stereocenters. The second kappa shape index (κ2) is 12.9. The molecule has 0 saturated heterocycles. The van der Waals surface area contributed by atoms with Crippen LogP contribution in [0.1, 0.15) is 57.2 Å². The first-order valence-corrected chi connectivity index (χ1v) is 14.3. The largest absolute Gasteiger partial charge is 0.493 e. The van der Waals surface area contributed by atoms with E-state index in [1.807, 2.05) is 12.1 Å². The number of hydrogen-bond donors (Lipinski definition) is 0. The zero-order chi connectivity index (χ0) is 28.1. The highest BCUT2D eigenvalue weighted by molar-refractivity contribution is 7.07. The SMILES string of the molecule is CCCCCOc1ccc(C2C(C(=O)OCC)=C(C)N=c3s/c(=C\c4ccc(Cl)c(Cl)c4)c(=O)n32)cc1OC. The van der Waals surface area contributed by atoms with Crippen molar-refractivity contribution in [2.24, 2.45) is 4.99 Å². The van der Waals surface area contributed by atoms with E-state index in [1.54, 1.807) is 51.3 Å². The highest BCUT2D eigenvalue weighted by Crippen LogP contribution is 2.36. The van der Waals surface area contributed by atoms with Crippen molar-refractivity contribution in [3.8, 4) is 11.5 Å². The third kappa shape index (κ3) is 6.24. The smallest absolute Gasteiger partial charge is 0.338 e. The number of aromatic nitrogens is 1. The molecule has 0 fully saturated rings. The van der Waals surface area contributed by atoms with Crippen LogP contribution in [-0.4, -0.2) is 30.9 Å². The number of ether oxygens (including phenoxy) is 3. The van der Waals surface area contributed by atoms with Gasteiger partial charge < -0.3 is 14.2 Å². The Morgan fingerprint density at radius 1 is 1.10 bits per heavy atom. The van der Waals surface area contributed by atoms with Gasteiger partial charge in [-0.1, -0.05) is 66.4 Å². The summed E-state index contributed by atoms with van der Waals surface area (Å²) in [5.74, 6) is 0.587. The standard InChI is InChI=1S/C29H30Cl2N2O5S/c1-5-7-8-13-38-22-12-10-19(16-23(22)36-4)26-25(28(35)37-6-2)17(3)32-29-33(26)27(34)24(39-29)15-18-9-11-20(30)21(31)14-18/h9-12,14-16,26H,5-8,13H2,1-4H3/b24-15-. The fraction of sp³-hybridized carbons (Fsp3) is 0.345. The number of esters is 1. The lowest BCUT2D eigenvalue weighted by atomic mass is 9.95. The number of unbranched alkanes of at least 4 members (excludes halogenated alkanes) is 2. The van der Waals surface area contributed by atoms with Crippen molar-refractivity contribution in [1.29, 1.82) is 0 Å². The fourth-order valence-corrected chi connectivity index (χ4v) is 5.72. The van der Waals surface area contributed by atoms with Gasteiger partial charge in [-0.15, -0.1) is 0 Å². The van der Waals surface area contributed by atoms with E-state index >= 15 is 0 Å². The van der Waals surface area contributed by atoms with E-state index in [2.05, 4.69) is 11.9 Å². The molecule has 2 heterocycles. The normalized spacial score (nSPS) is 15.1. The summed E-state index contributed by atoms with van der Waals surface area (Å²) in [6.07, 6.45) is 4.84. The van der Waals surface area contributed by atoms with E-state index in [-0.39, 0.29) is 12.2 Å². The molecular formula is C29H30Cl2N2O5S. The minimum absolute atomic E-state index is 0.192. The van der Waals surface area contributed by atoms with Crippen molar-refractivity contribution < 1.29 is 19.0 Å². The Morgan fingerprint density at radius 2 is 1.90 bits per heavy atom. The number of benzene rings is 2. The molecule has 1 aromatic heterocycles. The molecule has 0 spiro atoms. The zero-order valence-corrected chi connectivity index (χ0v) is 24.6. The van der Waals surface area contributed by atoms with Gasteiger partial charge in [0.2, 0.25) is 0 Å². The molecule has 2 aromatic carbocycles. The van der Waals surface area contributed by atoms with Crippen molar-refractivity contribution in [2.75, 3.05) is 20.3 Å². The number of nitrogens with zero attached hydrogens (tertiary/aromatic N) is 2. The first-order valence-electron chi connectivity index (χ1n) is 12.7. The summed E-state index contributed by atoms with van der Waals surface area (Å²) >= 11 is 13.5. The molecule has 1 aliphatic rings. The van der Waals surface area contributed by atoms with Gasteiger partial charge in [0.25, 0.3) is 5.56 Å². The third-order valence-electron chi connectivity index (χ3n) is 6.27. The van der Waals surface area contributed by atoms with Gasteiger partial charge in [-0.25, -0.2) is 9.79 Å². The molecule has 39 heavy (non-hydrogen) atoms. The number of fused-ring (bicyclic) bond motifs is 1. The predicted octanol–water partition coefficient (Wildman–Crippen LogP) is 5.68. The van der Waals surface area contributed by atoms with Gasteiger partial charge in [-0.2, -0.15) is 0 Å². The average Bonchev–Trinajstić information content (AvgIpc) is 3.22. The number of hydrogen-bond acceptors (Lipinski definition) is 7. The van der Waals surface area contributed by atoms with Crippen LogP contribution in [0.3, 0.4) is 0 Å². The second-order valence-electron chi connectivity index (χ2n) is 8.94. The molecule has 0 amide bonds. The summed E-state index contributed by atoms with van der Waals surface area (Å²) in [7, 11) is 1.56. The predicted molar refractivity (Wildman–Crippen MR) is 155 cm³/mol. The van der Waals surface area contributed by atoms with Crippen LogP contribution < -0.4 is 24.4 Å². The van der Waals surface area contributed by atoms with Crippen LogP contribution in [0.2, 0.25) is 10.0 Å². The van der Waals surface area contributed by atoms with E-state index in [0.29, 0.717) is 54.3 Å². The first kappa shape index (κ1) is 28.9. The number of allylic oxidation sites excluding steroid dienone is 1. The Balaban J connectivity index is 1.86. The van der Waals surface area contributed by atoms with Crippen molar-refractivity contribution in [1.82, 2.24) is 4.57 Å². The highest BCUT2D eigenvalue weighted by Gasteiger charge is 2.34. The lowest BCUT2D eigenvalue weighted by Gasteiger charge is -2.25. The van der Waals surface area contributed by atoms with E-state index in [9.17, 15) is 9.59 Å². The molecule has 7 nitrogen and oxygen atoms in total. The number of halogens is 2. The molecule has 0 aliphatic carbocycles. The summed E-state index contributed by atoms with van der Waals surface area (Å²) in [5, 5.41) is 0.817. The number of thiazole rings is 1. The van der Waals surface area contributed by atoms with Gasteiger partial charge in [-0.3, -0.25) is 9.36 Å². The van der Waals surface area contributed by atoms with E-state index < -0.39 is 12.0 Å². The number of methoxy groups -OCH3 is 1. The maximum absolute atomic E-state index is 13.8. The van der Waals surface area contributed by atoms with Gasteiger partial charge in [0.05, 0.1) is 52.2 Å². The van der Waals surface area contributed by atoms with Crippen LogP contribution >= 0.6 is 34.5 Å². The molecular weight excluding hydrogens is 559 g/mol. The molecule has 1 atom stereocenters. The van der Waals surface area contributed by atoms with Gasteiger partial charge in [0, 0.05) is 0 Å². The van der Waals surface area contributed by atoms with Crippen molar-refractivity contribution >= 4 is 46.6 Å². The maximum atomic E-state index is 13.8. The van der Waals surface area contributed by atoms with Crippen LogP contribution in [0.5, 0.6) is 11.5 Å². The van der Waals surface area contributed by atoms with E-state index in [0.717, 1.165) is 24.8 Å². The van der Waals surface area contributed by atoms with Gasteiger partial charge in [0.15, 0.2) is 16.3 Å². The zero-order valence-electron chi connectivity index (χ0n) is 22.3. The van der Waals surface area contributed by atoms with Crippen LogP contribution in [0.15, 0.2) is 57.5 Å². The molecule has 0 bridgehead atoms. The Kier molecular flexibility index (Phi) is 9.53. The van der Waals surface area contributed by atoms with Crippen LogP contribution in [0.25, 0.3) is 6.08 Å². The molecule has 206 valence electrons. The molecule has 0 N–H and O–H groups in total. The van der Waals surface area contributed by atoms with Gasteiger partial charge in [-0.05, 0) is 61.7 Å². The average molecular weight is 590 g/mol. The van der Waals surface area contributed by atoms with Gasteiger partial charge in [0.1, 0.15) is 0 Å². The van der Waals surface area contributed by atoms with Gasteiger partial charge >= 0.3 is 5.97 Å². The Bertz CT molecular complexity index is 1590. The quantitative estimate of drug-likeness (QED) is 0.225. The Hall–Kier alpha value is -3.07. The molecule has 0 radical (unpaired) electrons. The van der Waals surface area contributed by atoms with E-state index in [1.165, 1.54) is 15.9 Å². The molecule has 3 aromatic rings. The van der Waals surface area contributed by atoms with Crippen molar-refractivity contribution in [3.63, 3.8) is 0 Å². The topological polar surface area (TPSA) is 79.1 Å². The summed E-state index contributed by atoms with van der Waals surface area (Å²) in [4.78, 5) is 32.1. The molecule has 0 saturated carbocycles. The lowest BCUT2D eigenvalue weighted by molar-refractivity contribution is -0.139. The first-order chi connectivity index (χ1) is 18.8. The minimum atomic E-state index is -0.765. The summed E-state index contributed by atoms with van der Waals surface area (Å²) in [6, 6.07) is 9.84. The summed E-state index contributed by atoms with van der Waals surface area (Å²) in [5.41, 5.74) is 1.89. The molecule has 4 rings (SSSR count). The lowest BCUT2D eigenvalue weighted by Crippen LogP contribution is -2.40. The number of rotatable bonds is 10. The monoisotopic (exact) mass is 588 g/mol. The maximum Gasteiger partial charge on any atom is 0.338 e. The van der Waals surface area contributed by atoms with Crippen molar-refractivity contribution in [3.05, 3.63) is 88.5 Å². The third-order valence-corrected chi connectivity index (χ3v) is 7.99. The minimum Gasteiger partial charge on any atom is -0.493 e. The molecule has 10 heteroatoms. The van der Waals surface area contributed by atoms with Crippen LogP contribution in [0.4, 0.5) is 0 Å². The second-order valence-corrected chi connectivity index (χ2v) is 10.8. The van der Waals surface area contributed by atoms with E-state index in [4.69, 9.17) is 37.4 Å².